The molecular weight excluding hydrogens is 322 g/mol. The van der Waals surface area contributed by atoms with Gasteiger partial charge in [0.2, 0.25) is 5.13 Å². The summed E-state index contributed by atoms with van der Waals surface area (Å²) in [5, 5.41) is 22.3. The van der Waals surface area contributed by atoms with Crippen molar-refractivity contribution in [3.8, 4) is 11.5 Å². The molecule has 1 aromatic heterocycles. The summed E-state index contributed by atoms with van der Waals surface area (Å²) in [6, 6.07) is 17.2. The molecule has 6 heteroatoms. The summed E-state index contributed by atoms with van der Waals surface area (Å²) in [5.41, 5.74) is 0.837. The van der Waals surface area contributed by atoms with E-state index in [1.807, 2.05) is 54.6 Å². The van der Waals surface area contributed by atoms with E-state index in [2.05, 4.69) is 22.1 Å². The molecule has 3 rings (SSSR count). The predicted octanol–water partition coefficient (Wildman–Crippen LogP) is 4.68. The van der Waals surface area contributed by atoms with E-state index in [1.165, 1.54) is 11.3 Å². The van der Waals surface area contributed by atoms with Crippen molar-refractivity contribution >= 4 is 22.2 Å². The Morgan fingerprint density at radius 3 is 2.71 bits per heavy atom. The fraction of sp³-hybridized carbons (Fsp3) is 0.111. The molecule has 0 bridgehead atoms. The number of hydrogen-bond donors (Lipinski definition) is 2. The summed E-state index contributed by atoms with van der Waals surface area (Å²) in [7, 11) is 0. The lowest BCUT2D eigenvalue weighted by molar-refractivity contribution is 0.180. The molecule has 0 saturated heterocycles. The molecule has 0 aliphatic rings. The number of anilines is 2. The van der Waals surface area contributed by atoms with Crippen LogP contribution in [0.25, 0.3) is 0 Å². The topological polar surface area (TPSA) is 67.3 Å². The number of aromatic nitrogens is 2. The van der Waals surface area contributed by atoms with Gasteiger partial charge in [-0.1, -0.05) is 41.7 Å². The lowest BCUT2D eigenvalue weighted by atomic mass is 10.3. The molecule has 1 unspecified atom stereocenters. The highest BCUT2D eigenvalue weighted by molar-refractivity contribution is 7.15. The van der Waals surface area contributed by atoms with Gasteiger partial charge >= 0.3 is 0 Å². The lowest BCUT2D eigenvalue weighted by Gasteiger charge is -2.07. The number of benzene rings is 2. The van der Waals surface area contributed by atoms with Crippen LogP contribution in [-0.2, 0) is 0 Å². The number of rotatable bonds is 7. The van der Waals surface area contributed by atoms with E-state index < -0.39 is 6.10 Å². The summed E-state index contributed by atoms with van der Waals surface area (Å²) in [6.07, 6.45) is 1.45. The smallest absolute Gasteiger partial charge is 0.210 e. The molecule has 2 N–H and O–H groups in total. The molecule has 0 saturated carbocycles. The number of para-hydroxylation sites is 1. The Balaban J connectivity index is 1.69. The van der Waals surface area contributed by atoms with E-state index in [-0.39, 0.29) is 0 Å². The van der Waals surface area contributed by atoms with Gasteiger partial charge in [0.25, 0.3) is 0 Å². The molecule has 0 spiro atoms. The zero-order valence-electron chi connectivity index (χ0n) is 12.9. The van der Waals surface area contributed by atoms with Crippen molar-refractivity contribution in [2.45, 2.75) is 12.5 Å². The van der Waals surface area contributed by atoms with Crippen LogP contribution < -0.4 is 10.1 Å². The molecule has 2 aromatic carbocycles. The van der Waals surface area contributed by atoms with Crippen LogP contribution in [0.5, 0.6) is 11.5 Å². The Morgan fingerprint density at radius 1 is 1.12 bits per heavy atom. The van der Waals surface area contributed by atoms with E-state index in [1.54, 1.807) is 6.08 Å². The van der Waals surface area contributed by atoms with E-state index >= 15 is 0 Å². The molecule has 1 heterocycles. The number of ether oxygens (including phenoxy) is 1. The van der Waals surface area contributed by atoms with Crippen LogP contribution in [0.1, 0.15) is 17.5 Å². The van der Waals surface area contributed by atoms with Crippen LogP contribution in [0.3, 0.4) is 0 Å². The first-order chi connectivity index (χ1) is 11.7. The Kier molecular flexibility index (Phi) is 5.20. The minimum absolute atomic E-state index is 0.453. The highest BCUT2D eigenvalue weighted by Crippen LogP contribution is 2.29. The fourth-order valence-corrected chi connectivity index (χ4v) is 2.83. The molecule has 122 valence electrons. The number of nitrogens with zero attached hydrogens (tertiary/aromatic N) is 2. The van der Waals surface area contributed by atoms with Gasteiger partial charge in [-0.15, -0.1) is 16.8 Å². The maximum absolute atomic E-state index is 9.90. The van der Waals surface area contributed by atoms with Gasteiger partial charge in [0, 0.05) is 11.8 Å². The van der Waals surface area contributed by atoms with Crippen LogP contribution in [0.4, 0.5) is 10.8 Å². The molecule has 3 aromatic rings. The second-order valence-corrected chi connectivity index (χ2v) is 6.06. The minimum Gasteiger partial charge on any atom is -0.457 e. The first kappa shape index (κ1) is 16.2. The average molecular weight is 339 g/mol. The van der Waals surface area contributed by atoms with Crippen LogP contribution in [0.15, 0.2) is 67.3 Å². The van der Waals surface area contributed by atoms with Gasteiger partial charge < -0.3 is 15.2 Å². The maximum atomic E-state index is 9.90. The summed E-state index contributed by atoms with van der Waals surface area (Å²) in [6.45, 7) is 3.61. The lowest BCUT2D eigenvalue weighted by Crippen LogP contribution is -1.93. The Morgan fingerprint density at radius 2 is 1.92 bits per heavy atom. The maximum Gasteiger partial charge on any atom is 0.210 e. The molecule has 24 heavy (non-hydrogen) atoms. The van der Waals surface area contributed by atoms with Crippen molar-refractivity contribution in [2.24, 2.45) is 0 Å². The molecule has 0 fully saturated rings. The normalized spacial score (nSPS) is 11.7. The number of aliphatic hydroxyl groups excluding tert-OH is 1. The van der Waals surface area contributed by atoms with Crippen LogP contribution in [-0.4, -0.2) is 15.3 Å². The fourth-order valence-electron chi connectivity index (χ4n) is 2.06. The van der Waals surface area contributed by atoms with Gasteiger partial charge in [-0.25, -0.2) is 0 Å². The number of nitrogens with one attached hydrogen (secondary N) is 1. The average Bonchev–Trinajstić information content (AvgIpc) is 3.05. The third-order valence-electron chi connectivity index (χ3n) is 3.18. The van der Waals surface area contributed by atoms with Crippen molar-refractivity contribution in [3.63, 3.8) is 0 Å². The standard InChI is InChI=1S/C18H17N3O2S/c1-2-7-16(22)17-20-21-18(24-17)19-13-8-6-11-15(12-13)23-14-9-4-3-5-10-14/h2-6,8-12,16,22H,1,7H2,(H,19,21). The summed E-state index contributed by atoms with van der Waals surface area (Å²) >= 11 is 1.31. The van der Waals surface area contributed by atoms with E-state index in [4.69, 9.17) is 4.74 Å². The molecule has 1 atom stereocenters. The third-order valence-corrected chi connectivity index (χ3v) is 4.12. The van der Waals surface area contributed by atoms with E-state index in [9.17, 15) is 5.11 Å². The molecule has 0 aliphatic carbocycles. The molecule has 0 amide bonds. The third kappa shape index (κ3) is 4.18. The second-order valence-electron chi connectivity index (χ2n) is 5.05. The Labute approximate surface area is 144 Å². The Hall–Kier alpha value is -2.70. The van der Waals surface area contributed by atoms with Crippen molar-refractivity contribution in [1.29, 1.82) is 0 Å². The molecule has 0 radical (unpaired) electrons. The first-order valence-electron chi connectivity index (χ1n) is 7.47. The summed E-state index contributed by atoms with van der Waals surface area (Å²) in [4.78, 5) is 0. The van der Waals surface area contributed by atoms with Crippen molar-refractivity contribution in [1.82, 2.24) is 10.2 Å². The molecule has 0 aliphatic heterocycles. The highest BCUT2D eigenvalue weighted by atomic mass is 32.1. The SMILES string of the molecule is C=CCC(O)c1nnc(Nc2cccc(Oc3ccccc3)c2)s1. The van der Waals surface area contributed by atoms with Gasteiger partial charge in [0.15, 0.2) is 0 Å². The van der Waals surface area contributed by atoms with Gasteiger partial charge in [0.1, 0.15) is 22.6 Å². The van der Waals surface area contributed by atoms with Crippen LogP contribution >= 0.6 is 11.3 Å². The Bertz CT molecular complexity index is 805. The predicted molar refractivity (Wildman–Crippen MR) is 95.9 cm³/mol. The molecule has 5 nitrogen and oxygen atoms in total. The van der Waals surface area contributed by atoms with Gasteiger partial charge in [-0.2, -0.15) is 0 Å². The second kappa shape index (κ2) is 7.72. The van der Waals surface area contributed by atoms with Crippen molar-refractivity contribution in [2.75, 3.05) is 5.32 Å². The number of aliphatic hydroxyl groups is 1. The quantitative estimate of drug-likeness (QED) is 0.612. The van der Waals surface area contributed by atoms with Crippen LogP contribution in [0, 0.1) is 0 Å². The highest BCUT2D eigenvalue weighted by Gasteiger charge is 2.12. The van der Waals surface area contributed by atoms with Gasteiger partial charge in [-0.3, -0.25) is 0 Å². The summed E-state index contributed by atoms with van der Waals surface area (Å²) in [5.74, 6) is 1.50. The number of hydrogen-bond acceptors (Lipinski definition) is 6. The first-order valence-corrected chi connectivity index (χ1v) is 8.28. The van der Waals surface area contributed by atoms with Crippen LogP contribution in [0.2, 0.25) is 0 Å². The van der Waals surface area contributed by atoms with Crippen molar-refractivity contribution in [3.05, 3.63) is 72.3 Å². The largest absolute Gasteiger partial charge is 0.457 e. The van der Waals surface area contributed by atoms with E-state index in [0.717, 1.165) is 17.2 Å². The monoisotopic (exact) mass is 339 g/mol. The zero-order chi connectivity index (χ0) is 16.8. The van der Waals surface area contributed by atoms with Gasteiger partial charge in [-0.05, 0) is 30.7 Å². The van der Waals surface area contributed by atoms with Crippen molar-refractivity contribution < 1.29 is 9.84 Å². The van der Waals surface area contributed by atoms with E-state index in [0.29, 0.717) is 16.6 Å². The molecular formula is C18H17N3O2S. The minimum atomic E-state index is -0.664. The summed E-state index contributed by atoms with van der Waals surface area (Å²) < 4.78 is 5.81. The zero-order valence-corrected chi connectivity index (χ0v) is 13.7. The van der Waals surface area contributed by atoms with Gasteiger partial charge in [0.05, 0.1) is 0 Å².